The minimum absolute atomic E-state index is 0.0703. The minimum atomic E-state index is -0.491. The Balaban J connectivity index is 3.04. The monoisotopic (exact) mass is 182 g/mol. The molecule has 0 aromatic heterocycles. The number of rotatable bonds is 2. The van der Waals surface area contributed by atoms with Crippen LogP contribution < -0.4 is 0 Å². The van der Waals surface area contributed by atoms with Crippen LogP contribution >= 0.6 is 0 Å². The average molecular weight is 182 g/mol. The Kier molecular flexibility index (Phi) is 2.78. The van der Waals surface area contributed by atoms with Gasteiger partial charge in [0.05, 0.1) is 6.10 Å². The summed E-state index contributed by atoms with van der Waals surface area (Å²) in [5.74, 6) is 0.146. The van der Waals surface area contributed by atoms with Crippen molar-refractivity contribution in [3.05, 3.63) is 23.3 Å². The molecule has 0 spiro atoms. The highest BCUT2D eigenvalue weighted by Crippen LogP contribution is 2.29. The Hall–Kier alpha value is -1.22. The van der Waals surface area contributed by atoms with Gasteiger partial charge in [0.2, 0.25) is 0 Å². The number of aliphatic hydroxyl groups excluding tert-OH is 1. The molecule has 3 nitrogen and oxygen atoms in total. The van der Waals surface area contributed by atoms with Crippen LogP contribution in [0.4, 0.5) is 0 Å². The molecule has 0 fully saturated rings. The van der Waals surface area contributed by atoms with E-state index in [-0.39, 0.29) is 11.5 Å². The quantitative estimate of drug-likeness (QED) is 0.646. The molecule has 1 aromatic rings. The van der Waals surface area contributed by atoms with Gasteiger partial charge in [-0.1, -0.05) is 6.07 Å². The van der Waals surface area contributed by atoms with Crippen LogP contribution in [0.15, 0.2) is 12.1 Å². The van der Waals surface area contributed by atoms with Gasteiger partial charge in [-0.25, -0.2) is 0 Å². The van der Waals surface area contributed by atoms with Gasteiger partial charge in [-0.2, -0.15) is 0 Å². The van der Waals surface area contributed by atoms with Gasteiger partial charge in [0.15, 0.2) is 0 Å². The molecule has 0 radical (unpaired) electrons. The first-order valence-electron chi connectivity index (χ1n) is 4.21. The van der Waals surface area contributed by atoms with Crippen molar-refractivity contribution in [2.24, 2.45) is 0 Å². The normalized spacial score (nSPS) is 12.8. The zero-order chi connectivity index (χ0) is 10.0. The van der Waals surface area contributed by atoms with Gasteiger partial charge >= 0.3 is 0 Å². The van der Waals surface area contributed by atoms with E-state index in [1.165, 1.54) is 6.07 Å². The molecule has 0 heterocycles. The molecule has 3 N–H and O–H groups in total. The largest absolute Gasteiger partial charge is 0.508 e. The van der Waals surface area contributed by atoms with Crippen molar-refractivity contribution in [2.75, 3.05) is 0 Å². The predicted molar refractivity (Wildman–Crippen MR) is 49.9 cm³/mol. The summed E-state index contributed by atoms with van der Waals surface area (Å²) in [4.78, 5) is 0. The van der Waals surface area contributed by atoms with E-state index in [1.54, 1.807) is 19.9 Å². The Labute approximate surface area is 77.3 Å². The summed E-state index contributed by atoms with van der Waals surface area (Å²) in [6.07, 6.45) is -0.0951. The molecule has 1 unspecified atom stereocenters. The highest BCUT2D eigenvalue weighted by Gasteiger charge is 2.09. The van der Waals surface area contributed by atoms with Gasteiger partial charge in [-0.3, -0.25) is 0 Å². The van der Waals surface area contributed by atoms with Crippen molar-refractivity contribution in [1.82, 2.24) is 0 Å². The minimum Gasteiger partial charge on any atom is -0.508 e. The first kappa shape index (κ1) is 9.86. The third-order valence-corrected chi connectivity index (χ3v) is 2.00. The van der Waals surface area contributed by atoms with Crippen LogP contribution in [0.5, 0.6) is 11.5 Å². The summed E-state index contributed by atoms with van der Waals surface area (Å²) < 4.78 is 0. The summed E-state index contributed by atoms with van der Waals surface area (Å²) in [6.45, 7) is 3.29. The fraction of sp³-hybridized carbons (Fsp3) is 0.400. The number of hydrogen-bond acceptors (Lipinski definition) is 3. The van der Waals surface area contributed by atoms with E-state index < -0.39 is 6.10 Å². The van der Waals surface area contributed by atoms with Crippen molar-refractivity contribution in [3.8, 4) is 11.5 Å². The van der Waals surface area contributed by atoms with E-state index in [2.05, 4.69) is 0 Å². The molecule has 1 rings (SSSR count). The Morgan fingerprint density at radius 2 is 1.92 bits per heavy atom. The third-order valence-electron chi connectivity index (χ3n) is 2.00. The molecule has 72 valence electrons. The van der Waals surface area contributed by atoms with Gasteiger partial charge in [0.25, 0.3) is 0 Å². The van der Waals surface area contributed by atoms with Gasteiger partial charge < -0.3 is 15.3 Å². The number of phenols is 2. The van der Waals surface area contributed by atoms with Crippen molar-refractivity contribution in [3.63, 3.8) is 0 Å². The summed E-state index contributed by atoms with van der Waals surface area (Å²) in [5, 5.41) is 27.9. The Morgan fingerprint density at radius 3 is 2.46 bits per heavy atom. The van der Waals surface area contributed by atoms with Gasteiger partial charge in [0, 0.05) is 12.0 Å². The maximum Gasteiger partial charge on any atom is 0.125 e. The highest BCUT2D eigenvalue weighted by molar-refractivity contribution is 5.47. The second-order valence-electron chi connectivity index (χ2n) is 3.27. The van der Waals surface area contributed by atoms with Crippen LogP contribution in [0.2, 0.25) is 0 Å². The summed E-state index contributed by atoms with van der Waals surface area (Å²) in [7, 11) is 0. The van der Waals surface area contributed by atoms with Gasteiger partial charge in [-0.05, 0) is 25.5 Å². The molecular formula is C10H14O3. The molecule has 13 heavy (non-hydrogen) atoms. The number of aliphatic hydroxyl groups is 1. The maximum atomic E-state index is 9.56. The molecular weight excluding hydrogens is 168 g/mol. The second-order valence-corrected chi connectivity index (χ2v) is 3.27. The van der Waals surface area contributed by atoms with Crippen LogP contribution in [0, 0.1) is 6.92 Å². The summed E-state index contributed by atoms with van der Waals surface area (Å²) in [6, 6.07) is 3.14. The lowest BCUT2D eigenvalue weighted by Crippen LogP contribution is -2.04. The van der Waals surface area contributed by atoms with Crippen molar-refractivity contribution >= 4 is 0 Å². The molecule has 3 heteroatoms. The van der Waals surface area contributed by atoms with Crippen LogP contribution in [0.25, 0.3) is 0 Å². The highest BCUT2D eigenvalue weighted by atomic mass is 16.3. The molecule has 1 aromatic carbocycles. The fourth-order valence-corrected chi connectivity index (χ4v) is 1.23. The number of phenolic OH excluding ortho intramolecular Hbond substituents is 2. The predicted octanol–water partition coefficient (Wildman–Crippen LogP) is 1.33. The number of aromatic hydroxyl groups is 2. The molecule has 1 atom stereocenters. The summed E-state index contributed by atoms with van der Waals surface area (Å²) in [5.41, 5.74) is 1.11. The maximum absolute atomic E-state index is 9.56. The lowest BCUT2D eigenvalue weighted by Gasteiger charge is -2.09. The molecule has 0 saturated carbocycles. The Morgan fingerprint density at radius 1 is 1.31 bits per heavy atom. The number of hydrogen-bond donors (Lipinski definition) is 3. The molecule has 0 aliphatic heterocycles. The van der Waals surface area contributed by atoms with Gasteiger partial charge in [-0.15, -0.1) is 0 Å². The van der Waals surface area contributed by atoms with E-state index in [0.717, 1.165) is 0 Å². The average Bonchev–Trinajstić information content (AvgIpc) is 2.06. The van der Waals surface area contributed by atoms with E-state index in [1.807, 2.05) is 0 Å². The molecule has 0 aliphatic rings. The topological polar surface area (TPSA) is 60.7 Å². The third kappa shape index (κ3) is 2.12. The standard InChI is InChI=1S/C10H14O3/c1-6(11)5-8-3-4-9(12)7(2)10(8)13/h3-4,6,11-13H,5H2,1-2H3. The van der Waals surface area contributed by atoms with Crippen molar-refractivity contribution in [1.29, 1.82) is 0 Å². The first-order chi connectivity index (χ1) is 6.02. The van der Waals surface area contributed by atoms with Crippen LogP contribution in [-0.2, 0) is 6.42 Å². The van der Waals surface area contributed by atoms with E-state index >= 15 is 0 Å². The van der Waals surface area contributed by atoms with E-state index in [4.69, 9.17) is 5.11 Å². The van der Waals surface area contributed by atoms with Crippen LogP contribution in [0.1, 0.15) is 18.1 Å². The van der Waals surface area contributed by atoms with E-state index in [0.29, 0.717) is 17.5 Å². The second kappa shape index (κ2) is 3.66. The van der Waals surface area contributed by atoms with Crippen molar-refractivity contribution < 1.29 is 15.3 Å². The zero-order valence-corrected chi connectivity index (χ0v) is 7.78. The van der Waals surface area contributed by atoms with Crippen LogP contribution in [-0.4, -0.2) is 21.4 Å². The lowest BCUT2D eigenvalue weighted by atomic mass is 10.0. The SMILES string of the molecule is Cc1c(O)ccc(CC(C)O)c1O. The lowest BCUT2D eigenvalue weighted by molar-refractivity contribution is 0.194. The molecule has 0 aliphatic carbocycles. The van der Waals surface area contributed by atoms with Crippen LogP contribution in [0.3, 0.4) is 0 Å². The molecule has 0 amide bonds. The molecule has 0 bridgehead atoms. The van der Waals surface area contributed by atoms with Gasteiger partial charge in [0.1, 0.15) is 11.5 Å². The first-order valence-corrected chi connectivity index (χ1v) is 4.21. The van der Waals surface area contributed by atoms with E-state index in [9.17, 15) is 10.2 Å². The molecule has 0 saturated heterocycles. The Bertz CT molecular complexity index is 305. The smallest absolute Gasteiger partial charge is 0.125 e. The fourth-order valence-electron chi connectivity index (χ4n) is 1.23. The zero-order valence-electron chi connectivity index (χ0n) is 7.78. The van der Waals surface area contributed by atoms with Crippen molar-refractivity contribution in [2.45, 2.75) is 26.4 Å². The number of benzene rings is 1. The summed E-state index contributed by atoms with van der Waals surface area (Å²) >= 11 is 0.